The number of aliphatic carboxylic acids is 1. The Balaban J connectivity index is 1.71. The van der Waals surface area contributed by atoms with Crippen molar-refractivity contribution in [3.8, 4) is 11.5 Å². The largest absolute Gasteiger partial charge is 0.481 e. The molecule has 24 heavy (non-hydrogen) atoms. The third-order valence-electron chi connectivity index (χ3n) is 3.64. The molecule has 0 bridgehead atoms. The average Bonchev–Trinajstić information content (AvgIpc) is 2.89. The number of carboxylic acid groups (broad SMARTS) is 1. The molecule has 1 heterocycles. The molecule has 1 N–H and O–H groups in total. The summed E-state index contributed by atoms with van der Waals surface area (Å²) in [5, 5.41) is 16.6. The first kappa shape index (κ1) is 17.1. The van der Waals surface area contributed by atoms with Gasteiger partial charge in [0.05, 0.1) is 22.1 Å². The molecule has 1 saturated carbocycles. The third-order valence-corrected chi connectivity index (χ3v) is 5.04. The van der Waals surface area contributed by atoms with Crippen molar-refractivity contribution >= 4 is 29.3 Å². The Bertz CT molecular complexity index is 775. The van der Waals surface area contributed by atoms with Gasteiger partial charge in [0.15, 0.2) is 0 Å². The van der Waals surface area contributed by atoms with Crippen molar-refractivity contribution in [2.24, 2.45) is 5.92 Å². The van der Waals surface area contributed by atoms with Crippen LogP contribution < -0.4 is 0 Å². The summed E-state index contributed by atoms with van der Waals surface area (Å²) in [5.74, 6) is -1.16. The van der Waals surface area contributed by atoms with Crippen molar-refractivity contribution in [1.82, 2.24) is 10.2 Å². The van der Waals surface area contributed by atoms with Gasteiger partial charge >= 0.3 is 12.1 Å². The zero-order valence-corrected chi connectivity index (χ0v) is 13.5. The van der Waals surface area contributed by atoms with Crippen LogP contribution in [0.3, 0.4) is 0 Å². The molecule has 0 spiro atoms. The molecule has 0 atom stereocenters. The van der Waals surface area contributed by atoms with Crippen LogP contribution in [0.4, 0.5) is 13.2 Å². The third kappa shape index (κ3) is 3.51. The summed E-state index contributed by atoms with van der Waals surface area (Å²) in [6.07, 6.45) is -3.46. The van der Waals surface area contributed by atoms with Gasteiger partial charge in [-0.1, -0.05) is 23.4 Å². The summed E-state index contributed by atoms with van der Waals surface area (Å²) in [6, 6.07) is 2.87. The van der Waals surface area contributed by atoms with Gasteiger partial charge in [-0.25, -0.2) is 0 Å². The van der Waals surface area contributed by atoms with Crippen molar-refractivity contribution in [2.45, 2.75) is 29.5 Å². The maximum Gasteiger partial charge on any atom is 0.416 e. The number of hydrogen-bond donors (Lipinski definition) is 1. The van der Waals surface area contributed by atoms with Gasteiger partial charge in [0.1, 0.15) is 0 Å². The molecule has 10 heteroatoms. The number of carboxylic acids is 1. The van der Waals surface area contributed by atoms with Gasteiger partial charge in [0.25, 0.3) is 5.22 Å². The minimum absolute atomic E-state index is 0.0188. The Morgan fingerprint density at radius 2 is 2.04 bits per heavy atom. The highest BCUT2D eigenvalue weighted by molar-refractivity contribution is 7.99. The molecule has 1 aromatic carbocycles. The normalized spacial score (nSPS) is 20.7. The summed E-state index contributed by atoms with van der Waals surface area (Å²) < 4.78 is 43.3. The van der Waals surface area contributed by atoms with E-state index in [4.69, 9.17) is 21.1 Å². The smallest absolute Gasteiger partial charge is 0.416 e. The Labute approximate surface area is 143 Å². The van der Waals surface area contributed by atoms with E-state index in [0.29, 0.717) is 12.8 Å². The fourth-order valence-electron chi connectivity index (χ4n) is 2.24. The molecule has 3 rings (SSSR count). The summed E-state index contributed by atoms with van der Waals surface area (Å²) in [5.41, 5.74) is -0.652. The lowest BCUT2D eigenvalue weighted by molar-refractivity contribution is -0.144. The van der Waals surface area contributed by atoms with Crippen LogP contribution in [0, 0.1) is 5.92 Å². The molecule has 2 aromatic rings. The van der Waals surface area contributed by atoms with Gasteiger partial charge in [-0.2, -0.15) is 13.2 Å². The highest BCUT2D eigenvalue weighted by Gasteiger charge is 2.36. The number of carbonyl (C=O) groups is 1. The monoisotopic (exact) mass is 378 g/mol. The maximum atomic E-state index is 12.6. The predicted molar refractivity (Wildman–Crippen MR) is 79.8 cm³/mol. The standard InChI is InChI=1S/C14H10ClF3N2O3S/c15-10-5-7(14(16,17)18)1-2-9(10)11-19-20-13(23-11)24-8-3-6(4-8)12(21)22/h1-2,5-6,8H,3-4H2,(H,21,22)/t6-,8-. The van der Waals surface area contributed by atoms with Crippen LogP contribution in [0.25, 0.3) is 11.5 Å². The van der Waals surface area contributed by atoms with Gasteiger partial charge in [-0.3, -0.25) is 4.79 Å². The second-order valence-corrected chi connectivity index (χ2v) is 6.97. The first-order valence-corrected chi connectivity index (χ1v) is 8.10. The molecule has 0 unspecified atom stereocenters. The first-order chi connectivity index (χ1) is 11.2. The fraction of sp³-hybridized carbons (Fsp3) is 0.357. The van der Waals surface area contributed by atoms with Crippen LogP contribution in [0.5, 0.6) is 0 Å². The number of aromatic nitrogens is 2. The van der Waals surface area contributed by atoms with Crippen molar-refractivity contribution < 1.29 is 27.5 Å². The van der Waals surface area contributed by atoms with E-state index in [1.165, 1.54) is 17.8 Å². The zero-order valence-electron chi connectivity index (χ0n) is 11.9. The molecule has 0 amide bonds. The highest BCUT2D eigenvalue weighted by Crippen LogP contribution is 2.41. The predicted octanol–water partition coefficient (Wildman–Crippen LogP) is 4.36. The number of thioether (sulfide) groups is 1. The molecule has 0 radical (unpaired) electrons. The van der Waals surface area contributed by atoms with Crippen LogP contribution in [-0.2, 0) is 11.0 Å². The fourth-order valence-corrected chi connectivity index (χ4v) is 3.66. The average molecular weight is 379 g/mol. The molecular weight excluding hydrogens is 369 g/mol. The summed E-state index contributed by atoms with van der Waals surface area (Å²) in [7, 11) is 0. The number of hydrogen-bond acceptors (Lipinski definition) is 5. The highest BCUT2D eigenvalue weighted by atomic mass is 35.5. The second kappa shape index (κ2) is 6.29. The Morgan fingerprint density at radius 3 is 2.62 bits per heavy atom. The minimum Gasteiger partial charge on any atom is -0.481 e. The molecule has 1 fully saturated rings. The molecule has 1 aliphatic rings. The van der Waals surface area contributed by atoms with Gasteiger partial charge in [-0.05, 0) is 31.0 Å². The Morgan fingerprint density at radius 1 is 1.33 bits per heavy atom. The van der Waals surface area contributed by atoms with E-state index < -0.39 is 17.7 Å². The van der Waals surface area contributed by atoms with E-state index in [-0.39, 0.29) is 32.9 Å². The van der Waals surface area contributed by atoms with E-state index in [1.54, 1.807) is 0 Å². The van der Waals surface area contributed by atoms with Crippen LogP contribution in [0.2, 0.25) is 5.02 Å². The van der Waals surface area contributed by atoms with E-state index in [1.807, 2.05) is 0 Å². The second-order valence-electron chi connectivity index (χ2n) is 5.31. The van der Waals surface area contributed by atoms with Crippen molar-refractivity contribution in [1.29, 1.82) is 0 Å². The molecule has 0 aliphatic heterocycles. The summed E-state index contributed by atoms with van der Waals surface area (Å²) in [4.78, 5) is 10.7. The zero-order chi connectivity index (χ0) is 17.5. The van der Waals surface area contributed by atoms with Crippen molar-refractivity contribution in [3.05, 3.63) is 28.8 Å². The number of benzene rings is 1. The maximum absolute atomic E-state index is 12.6. The van der Waals surface area contributed by atoms with E-state index in [2.05, 4.69) is 10.2 Å². The number of halogens is 4. The molecule has 1 aromatic heterocycles. The molecule has 128 valence electrons. The molecule has 1 aliphatic carbocycles. The van der Waals surface area contributed by atoms with Gasteiger partial charge in [-0.15, -0.1) is 10.2 Å². The van der Waals surface area contributed by atoms with Crippen LogP contribution in [0.15, 0.2) is 27.8 Å². The van der Waals surface area contributed by atoms with Crippen LogP contribution >= 0.6 is 23.4 Å². The summed E-state index contributed by atoms with van der Waals surface area (Å²) >= 11 is 7.13. The lowest BCUT2D eigenvalue weighted by Gasteiger charge is -2.30. The van der Waals surface area contributed by atoms with Crippen LogP contribution in [-0.4, -0.2) is 26.5 Å². The topological polar surface area (TPSA) is 76.2 Å². The van der Waals surface area contributed by atoms with E-state index >= 15 is 0 Å². The number of alkyl halides is 3. The SMILES string of the molecule is O=C(O)[C@H]1C[C@H](Sc2nnc(-c3ccc(C(F)(F)F)cc3Cl)o2)C1. The lowest BCUT2D eigenvalue weighted by Crippen LogP contribution is -2.32. The first-order valence-electron chi connectivity index (χ1n) is 6.84. The van der Waals surface area contributed by atoms with E-state index in [0.717, 1.165) is 12.1 Å². The van der Waals surface area contributed by atoms with Crippen molar-refractivity contribution in [2.75, 3.05) is 0 Å². The quantitative estimate of drug-likeness (QED) is 0.851. The van der Waals surface area contributed by atoms with Gasteiger partial charge < -0.3 is 9.52 Å². The molecule has 0 saturated heterocycles. The number of nitrogens with zero attached hydrogens (tertiary/aromatic N) is 2. The van der Waals surface area contributed by atoms with Crippen molar-refractivity contribution in [3.63, 3.8) is 0 Å². The number of rotatable bonds is 4. The molecular formula is C14H10ClF3N2O3S. The Hall–Kier alpha value is -1.74. The van der Waals surface area contributed by atoms with Gasteiger partial charge in [0, 0.05) is 5.25 Å². The van der Waals surface area contributed by atoms with E-state index in [9.17, 15) is 18.0 Å². The van der Waals surface area contributed by atoms with Crippen LogP contribution in [0.1, 0.15) is 18.4 Å². The lowest BCUT2D eigenvalue weighted by atomic mass is 9.85. The molecule has 5 nitrogen and oxygen atoms in total. The minimum atomic E-state index is -4.48. The summed E-state index contributed by atoms with van der Waals surface area (Å²) in [6.45, 7) is 0. The Kier molecular flexibility index (Phi) is 4.48. The van der Waals surface area contributed by atoms with Gasteiger partial charge in [0.2, 0.25) is 5.89 Å².